The van der Waals surface area contributed by atoms with Crippen molar-refractivity contribution < 1.29 is 19.4 Å². The Morgan fingerprint density at radius 2 is 1.59 bits per heavy atom. The zero-order valence-electron chi connectivity index (χ0n) is 24.3. The van der Waals surface area contributed by atoms with Crippen LogP contribution in [0.3, 0.4) is 0 Å². The van der Waals surface area contributed by atoms with Gasteiger partial charge in [0.2, 0.25) is 0 Å². The van der Waals surface area contributed by atoms with Crippen LogP contribution < -0.4 is 4.74 Å². The average molecular weight is 509 g/mol. The first-order valence-corrected chi connectivity index (χ1v) is 14.0. The molecule has 0 unspecified atom stereocenters. The second-order valence-corrected chi connectivity index (χ2v) is 10.3. The number of aliphatic hydroxyl groups is 1. The predicted molar refractivity (Wildman–Crippen MR) is 154 cm³/mol. The topological polar surface area (TPSA) is 55.8 Å². The van der Waals surface area contributed by atoms with Gasteiger partial charge in [0.1, 0.15) is 18.5 Å². The summed E-state index contributed by atoms with van der Waals surface area (Å²) in [6, 6.07) is 13.3. The van der Waals surface area contributed by atoms with E-state index >= 15 is 0 Å². The number of hydrogen-bond acceptors (Lipinski definition) is 4. The molecule has 2 aromatic rings. The largest absolute Gasteiger partial charge is 0.489 e. The molecule has 4 heteroatoms. The maximum Gasteiger partial charge on any atom is 0.303 e. The van der Waals surface area contributed by atoms with Crippen molar-refractivity contribution in [3.63, 3.8) is 0 Å². The van der Waals surface area contributed by atoms with Crippen molar-refractivity contribution >= 4 is 12.0 Å². The van der Waals surface area contributed by atoms with Gasteiger partial charge in [0.25, 0.3) is 0 Å². The smallest absolute Gasteiger partial charge is 0.303 e. The van der Waals surface area contributed by atoms with Crippen molar-refractivity contribution in [1.82, 2.24) is 0 Å². The Balaban J connectivity index is 2.44. The molecule has 2 rings (SSSR count). The van der Waals surface area contributed by atoms with Gasteiger partial charge in [-0.25, -0.2) is 0 Å². The molecule has 0 aromatic heterocycles. The molecule has 0 radical (unpaired) electrons. The van der Waals surface area contributed by atoms with Crippen molar-refractivity contribution in [2.45, 2.75) is 111 Å². The molecule has 0 saturated carbocycles. The molecule has 0 heterocycles. The lowest BCUT2D eigenvalue weighted by Crippen LogP contribution is -2.27. The molecule has 0 aliphatic rings. The van der Waals surface area contributed by atoms with Gasteiger partial charge in [-0.3, -0.25) is 4.79 Å². The van der Waals surface area contributed by atoms with Crippen LogP contribution in [-0.2, 0) is 21.4 Å². The van der Waals surface area contributed by atoms with Crippen LogP contribution in [0.15, 0.2) is 42.5 Å². The Morgan fingerprint density at radius 3 is 2.14 bits per heavy atom. The molecule has 4 nitrogen and oxygen atoms in total. The minimum atomic E-state index is -0.754. The summed E-state index contributed by atoms with van der Waals surface area (Å²) in [5.74, 6) is 0.518. The van der Waals surface area contributed by atoms with Crippen LogP contribution in [-0.4, -0.2) is 29.4 Å². The molecule has 0 aliphatic carbocycles. The van der Waals surface area contributed by atoms with Crippen LogP contribution in [0.2, 0.25) is 0 Å². The number of carbonyl (C=O) groups excluding carboxylic acids is 1. The maximum atomic E-state index is 11.2. The molecule has 0 spiro atoms. The number of rotatable bonds is 14. The molecule has 204 valence electrons. The number of benzene rings is 2. The van der Waals surface area contributed by atoms with E-state index in [-0.39, 0.29) is 17.5 Å². The van der Waals surface area contributed by atoms with Crippen molar-refractivity contribution in [1.29, 1.82) is 0 Å². The molecule has 1 N–H and O–H groups in total. The van der Waals surface area contributed by atoms with Gasteiger partial charge in [0.05, 0.1) is 5.60 Å². The van der Waals surface area contributed by atoms with Gasteiger partial charge in [-0.05, 0) is 79.8 Å². The summed E-state index contributed by atoms with van der Waals surface area (Å²) in [5, 5.41) is 10.8. The van der Waals surface area contributed by atoms with Gasteiger partial charge in [-0.1, -0.05) is 83.5 Å². The minimum absolute atomic E-state index is 0.105. The highest BCUT2D eigenvalue weighted by Crippen LogP contribution is 2.41. The third-order valence-electron chi connectivity index (χ3n) is 7.79. The second-order valence-electron chi connectivity index (χ2n) is 10.3. The lowest BCUT2D eigenvalue weighted by Gasteiger charge is -2.34. The Hall–Kier alpha value is -2.59. The molecular formula is C33H48O4. The predicted octanol–water partition coefficient (Wildman–Crippen LogP) is 7.95. The van der Waals surface area contributed by atoms with Crippen molar-refractivity contribution in [2.75, 3.05) is 6.61 Å². The lowest BCUT2D eigenvalue weighted by molar-refractivity contribution is -0.146. The van der Waals surface area contributed by atoms with E-state index in [2.05, 4.69) is 64.1 Å². The summed E-state index contributed by atoms with van der Waals surface area (Å²) < 4.78 is 11.2. The number of aryl methyl sites for hydroxylation is 2. The molecule has 0 aliphatic heterocycles. The van der Waals surface area contributed by atoms with Crippen LogP contribution in [0.1, 0.15) is 108 Å². The van der Waals surface area contributed by atoms with E-state index in [1.165, 1.54) is 29.2 Å². The van der Waals surface area contributed by atoms with Crippen molar-refractivity contribution in [3.05, 3.63) is 70.3 Å². The molecule has 1 atom stereocenters. The fraction of sp³-hybridized carbons (Fsp3) is 0.545. The van der Waals surface area contributed by atoms with Crippen molar-refractivity contribution in [3.8, 4) is 5.75 Å². The fourth-order valence-corrected chi connectivity index (χ4v) is 5.15. The Kier molecular flexibility index (Phi) is 11.4. The lowest BCUT2D eigenvalue weighted by atomic mass is 9.69. The summed E-state index contributed by atoms with van der Waals surface area (Å²) in [6.07, 6.45) is 9.23. The van der Waals surface area contributed by atoms with E-state index in [1.54, 1.807) is 0 Å². The number of carbonyl (C=O) groups is 1. The summed E-state index contributed by atoms with van der Waals surface area (Å²) >= 11 is 0. The van der Waals surface area contributed by atoms with E-state index in [1.807, 2.05) is 32.9 Å². The Labute approximate surface area is 225 Å². The number of ether oxygens (including phenoxy) is 2. The number of hydrogen-bond donors (Lipinski definition) is 1. The van der Waals surface area contributed by atoms with Crippen LogP contribution in [0.4, 0.5) is 0 Å². The maximum absolute atomic E-state index is 11.2. The van der Waals surface area contributed by atoms with Gasteiger partial charge >= 0.3 is 5.97 Å². The molecule has 0 bridgehead atoms. The van der Waals surface area contributed by atoms with E-state index in [0.717, 1.165) is 37.0 Å². The van der Waals surface area contributed by atoms with E-state index in [0.29, 0.717) is 19.4 Å². The van der Waals surface area contributed by atoms with E-state index in [4.69, 9.17) is 9.47 Å². The highest BCUT2D eigenvalue weighted by atomic mass is 16.6. The summed E-state index contributed by atoms with van der Waals surface area (Å²) in [6.45, 7) is 16.4. The van der Waals surface area contributed by atoms with Gasteiger partial charge in [0.15, 0.2) is 0 Å². The average Bonchev–Trinajstić information content (AvgIpc) is 2.88. The van der Waals surface area contributed by atoms with Gasteiger partial charge < -0.3 is 14.6 Å². The number of esters is 1. The Morgan fingerprint density at radius 1 is 0.973 bits per heavy atom. The van der Waals surface area contributed by atoms with Gasteiger partial charge in [-0.15, -0.1) is 0 Å². The van der Waals surface area contributed by atoms with Gasteiger partial charge in [-0.2, -0.15) is 0 Å². The first-order valence-electron chi connectivity index (χ1n) is 14.0. The fourth-order valence-electron chi connectivity index (χ4n) is 5.15. The molecule has 37 heavy (non-hydrogen) atoms. The molecule has 2 aromatic carbocycles. The third kappa shape index (κ3) is 7.70. The van der Waals surface area contributed by atoms with Crippen LogP contribution in [0, 0.1) is 6.92 Å². The first-order chi connectivity index (χ1) is 17.6. The highest BCUT2D eigenvalue weighted by molar-refractivity contribution is 5.66. The second kappa shape index (κ2) is 13.8. The van der Waals surface area contributed by atoms with E-state index < -0.39 is 5.60 Å². The summed E-state index contributed by atoms with van der Waals surface area (Å²) in [7, 11) is 0. The van der Waals surface area contributed by atoms with Crippen LogP contribution in [0.5, 0.6) is 5.75 Å². The molecule has 0 saturated heterocycles. The minimum Gasteiger partial charge on any atom is -0.489 e. The standard InChI is InChI=1S/C33H48O4/c1-9-14-28-22-30(16-15-27(28)19-20-32(35,10-2)11-3)33(12-4,13-5)29-17-18-31(24(6)21-29)36-23-25(7)37-26(8)34/h15-22,25,35H,9-14,23H2,1-8H3/b20-19+/t25-/m0/s1. The van der Waals surface area contributed by atoms with Gasteiger partial charge in [0, 0.05) is 12.3 Å². The van der Waals surface area contributed by atoms with Crippen LogP contribution in [0.25, 0.3) is 6.08 Å². The SMILES string of the molecule is CCCc1cc(C(CC)(CC)c2ccc(OC[C@H](C)OC(C)=O)c(C)c2)ccc1/C=C/C(O)(CC)CC. The summed E-state index contributed by atoms with van der Waals surface area (Å²) in [5.41, 5.74) is 5.35. The Bertz CT molecular complexity index is 1040. The van der Waals surface area contributed by atoms with Crippen molar-refractivity contribution in [2.24, 2.45) is 0 Å². The monoisotopic (exact) mass is 508 g/mol. The molecule has 0 amide bonds. The summed E-state index contributed by atoms with van der Waals surface area (Å²) in [4.78, 5) is 11.2. The molecule has 0 fully saturated rings. The zero-order chi connectivity index (χ0) is 27.6. The zero-order valence-corrected chi connectivity index (χ0v) is 24.3. The molecular weight excluding hydrogens is 460 g/mol. The first kappa shape index (κ1) is 30.6. The normalized spacial score (nSPS) is 13.1. The highest BCUT2D eigenvalue weighted by Gasteiger charge is 2.31. The quantitative estimate of drug-likeness (QED) is 0.263. The van der Waals surface area contributed by atoms with Crippen LogP contribution >= 0.6 is 0 Å². The third-order valence-corrected chi connectivity index (χ3v) is 7.79. The van der Waals surface area contributed by atoms with E-state index in [9.17, 15) is 9.90 Å².